The Morgan fingerprint density at radius 3 is 1.54 bits per heavy atom. The summed E-state index contributed by atoms with van der Waals surface area (Å²) < 4.78 is 10.7. The van der Waals surface area contributed by atoms with Crippen molar-refractivity contribution in [2.75, 3.05) is 19.8 Å². The Morgan fingerprint density at radius 1 is 0.595 bits per heavy atom. The maximum Gasteiger partial charge on any atom is 0.305 e. The van der Waals surface area contributed by atoms with E-state index in [1.165, 1.54) is 128 Å². The summed E-state index contributed by atoms with van der Waals surface area (Å²) in [6.45, 7) is 5.46. The fourth-order valence-electron chi connectivity index (χ4n) is 4.56. The summed E-state index contributed by atoms with van der Waals surface area (Å²) in [7, 11) is 0. The van der Waals surface area contributed by atoms with Crippen molar-refractivity contribution in [2.24, 2.45) is 0 Å². The maximum atomic E-state index is 11.9. The fourth-order valence-corrected chi connectivity index (χ4v) is 4.56. The van der Waals surface area contributed by atoms with Crippen LogP contribution in [0.5, 0.6) is 0 Å². The molecule has 0 aromatic rings. The molecule has 0 spiro atoms. The molecule has 0 saturated heterocycles. The molecule has 0 bridgehead atoms. The van der Waals surface area contributed by atoms with Gasteiger partial charge < -0.3 is 14.6 Å². The predicted octanol–water partition coefficient (Wildman–Crippen LogP) is 9.87. The summed E-state index contributed by atoms with van der Waals surface area (Å²) in [5.41, 5.74) is 0. The first-order chi connectivity index (χ1) is 18.2. The van der Waals surface area contributed by atoms with Crippen molar-refractivity contribution in [1.82, 2.24) is 0 Å². The van der Waals surface area contributed by atoms with Gasteiger partial charge in [0.2, 0.25) is 0 Å². The van der Waals surface area contributed by atoms with Crippen LogP contribution < -0.4 is 0 Å². The third-order valence-corrected chi connectivity index (χ3v) is 7.03. The average Bonchev–Trinajstić information content (AvgIpc) is 2.90. The lowest BCUT2D eigenvalue weighted by Gasteiger charge is -2.12. The molecule has 0 fully saturated rings. The van der Waals surface area contributed by atoms with Crippen LogP contribution in [0.3, 0.4) is 0 Å². The van der Waals surface area contributed by atoms with E-state index >= 15 is 0 Å². The molecule has 0 saturated carbocycles. The Morgan fingerprint density at radius 2 is 1.03 bits per heavy atom. The molecular weight excluding hydrogens is 460 g/mol. The molecule has 220 valence electrons. The molecule has 4 nitrogen and oxygen atoms in total. The van der Waals surface area contributed by atoms with Gasteiger partial charge in [0, 0.05) is 13.0 Å². The van der Waals surface area contributed by atoms with E-state index in [1.54, 1.807) is 0 Å². The summed E-state index contributed by atoms with van der Waals surface area (Å²) in [6, 6.07) is 0. The predicted molar refractivity (Wildman–Crippen MR) is 159 cm³/mol. The third kappa shape index (κ3) is 31.2. The van der Waals surface area contributed by atoms with E-state index in [2.05, 4.69) is 26.0 Å². The number of allylic oxidation sites excluding steroid dienone is 2. The molecule has 4 heteroatoms. The van der Waals surface area contributed by atoms with Crippen LogP contribution in [0.1, 0.15) is 168 Å². The van der Waals surface area contributed by atoms with Crippen LogP contribution in [0.4, 0.5) is 0 Å². The monoisotopic (exact) mass is 524 g/mol. The zero-order chi connectivity index (χ0) is 27.1. The molecule has 37 heavy (non-hydrogen) atoms. The number of unbranched alkanes of at least 4 members (excludes halogenated alkanes) is 20. The Bertz CT molecular complexity index is 477. The lowest BCUT2D eigenvalue weighted by Crippen LogP contribution is -2.24. The number of carbonyl (C=O) groups excluding carboxylic acids is 1. The van der Waals surface area contributed by atoms with Gasteiger partial charge in [0.1, 0.15) is 12.7 Å². The van der Waals surface area contributed by atoms with Crippen molar-refractivity contribution in [3.8, 4) is 0 Å². The number of aliphatic hydroxyl groups is 1. The molecular formula is C33H64O4. The SMILES string of the molecule is CCCCCCCC/C=C\CCCCCCCCCCCC(=O)OCC(O)COCCCCCCCC. The Labute approximate surface area is 231 Å². The van der Waals surface area contributed by atoms with E-state index in [0.717, 1.165) is 19.3 Å². The van der Waals surface area contributed by atoms with E-state index in [1.807, 2.05) is 0 Å². The number of rotatable bonds is 30. The highest BCUT2D eigenvalue weighted by atomic mass is 16.5. The second-order valence-electron chi connectivity index (χ2n) is 10.9. The van der Waals surface area contributed by atoms with E-state index in [-0.39, 0.29) is 19.2 Å². The van der Waals surface area contributed by atoms with E-state index < -0.39 is 6.10 Å². The van der Waals surface area contributed by atoms with Gasteiger partial charge in [-0.2, -0.15) is 0 Å². The number of aliphatic hydroxyl groups excluding tert-OH is 1. The van der Waals surface area contributed by atoms with Gasteiger partial charge in [0.15, 0.2) is 0 Å². The quantitative estimate of drug-likeness (QED) is 0.0577. The summed E-state index contributed by atoms with van der Waals surface area (Å²) in [6.07, 6.45) is 33.8. The van der Waals surface area contributed by atoms with Crippen LogP contribution in [-0.2, 0) is 14.3 Å². The summed E-state index contributed by atoms with van der Waals surface area (Å²) >= 11 is 0. The van der Waals surface area contributed by atoms with Gasteiger partial charge in [-0.05, 0) is 38.5 Å². The third-order valence-electron chi connectivity index (χ3n) is 7.03. The van der Waals surface area contributed by atoms with Crippen LogP contribution >= 0.6 is 0 Å². The summed E-state index contributed by atoms with van der Waals surface area (Å²) in [5, 5.41) is 9.90. The van der Waals surface area contributed by atoms with Crippen LogP contribution in [0.15, 0.2) is 12.2 Å². The zero-order valence-electron chi connectivity index (χ0n) is 25.0. The average molecular weight is 525 g/mol. The number of carbonyl (C=O) groups is 1. The second-order valence-corrected chi connectivity index (χ2v) is 10.9. The van der Waals surface area contributed by atoms with Crippen molar-refractivity contribution in [3.63, 3.8) is 0 Å². The van der Waals surface area contributed by atoms with Gasteiger partial charge in [-0.3, -0.25) is 4.79 Å². The highest BCUT2D eigenvalue weighted by Gasteiger charge is 2.09. The molecule has 0 aliphatic carbocycles. The van der Waals surface area contributed by atoms with Crippen LogP contribution in [0.25, 0.3) is 0 Å². The van der Waals surface area contributed by atoms with Gasteiger partial charge in [-0.1, -0.05) is 135 Å². The van der Waals surface area contributed by atoms with Crippen molar-refractivity contribution in [3.05, 3.63) is 12.2 Å². The van der Waals surface area contributed by atoms with Gasteiger partial charge in [0.05, 0.1) is 6.61 Å². The highest BCUT2D eigenvalue weighted by molar-refractivity contribution is 5.69. The van der Waals surface area contributed by atoms with E-state index in [9.17, 15) is 9.90 Å². The number of esters is 1. The molecule has 0 aromatic carbocycles. The minimum Gasteiger partial charge on any atom is -0.463 e. The molecule has 0 aliphatic heterocycles. The first kappa shape index (κ1) is 36.1. The van der Waals surface area contributed by atoms with Crippen LogP contribution in [0.2, 0.25) is 0 Å². The summed E-state index contributed by atoms with van der Waals surface area (Å²) in [4.78, 5) is 11.9. The van der Waals surface area contributed by atoms with Gasteiger partial charge >= 0.3 is 5.97 Å². The maximum absolute atomic E-state index is 11.9. The number of hydrogen-bond acceptors (Lipinski definition) is 4. The molecule has 1 unspecified atom stereocenters. The highest BCUT2D eigenvalue weighted by Crippen LogP contribution is 2.13. The minimum atomic E-state index is -0.717. The van der Waals surface area contributed by atoms with Gasteiger partial charge in [-0.15, -0.1) is 0 Å². The molecule has 0 amide bonds. The largest absolute Gasteiger partial charge is 0.463 e. The standard InChI is InChI=1S/C33H64O4/c1-3-5-7-9-11-12-13-14-15-16-17-18-19-20-21-22-23-24-26-28-33(35)37-31-32(34)30-36-29-27-25-10-8-6-4-2/h14-15,32,34H,3-13,16-31H2,1-2H3/b15-14-. The van der Waals surface area contributed by atoms with Crippen molar-refractivity contribution < 1.29 is 19.4 Å². The van der Waals surface area contributed by atoms with Crippen molar-refractivity contribution in [2.45, 2.75) is 174 Å². The summed E-state index contributed by atoms with van der Waals surface area (Å²) in [5.74, 6) is -0.198. The first-order valence-corrected chi connectivity index (χ1v) is 16.3. The zero-order valence-corrected chi connectivity index (χ0v) is 25.0. The molecule has 1 N–H and O–H groups in total. The first-order valence-electron chi connectivity index (χ1n) is 16.3. The van der Waals surface area contributed by atoms with Gasteiger partial charge in [-0.25, -0.2) is 0 Å². The lowest BCUT2D eigenvalue weighted by atomic mass is 10.1. The molecule has 0 heterocycles. The minimum absolute atomic E-state index is 0.0459. The lowest BCUT2D eigenvalue weighted by molar-refractivity contribution is -0.147. The normalized spacial score (nSPS) is 12.4. The number of ether oxygens (including phenoxy) is 2. The van der Waals surface area contributed by atoms with Crippen LogP contribution in [-0.4, -0.2) is 37.0 Å². The van der Waals surface area contributed by atoms with Crippen molar-refractivity contribution >= 4 is 5.97 Å². The second kappa shape index (κ2) is 31.3. The fraction of sp³-hybridized carbons (Fsp3) is 0.909. The van der Waals surface area contributed by atoms with E-state index in [0.29, 0.717) is 13.0 Å². The molecule has 0 rings (SSSR count). The smallest absolute Gasteiger partial charge is 0.305 e. The Hall–Kier alpha value is -0.870. The molecule has 0 radical (unpaired) electrons. The van der Waals surface area contributed by atoms with Crippen molar-refractivity contribution in [1.29, 1.82) is 0 Å². The number of hydrogen-bond donors (Lipinski definition) is 1. The molecule has 1 atom stereocenters. The van der Waals surface area contributed by atoms with E-state index in [4.69, 9.17) is 9.47 Å². The molecule has 0 aliphatic rings. The Kier molecular flexibility index (Phi) is 30.6. The topological polar surface area (TPSA) is 55.8 Å². The van der Waals surface area contributed by atoms with Gasteiger partial charge in [0.25, 0.3) is 0 Å². The molecule has 0 aromatic heterocycles. The van der Waals surface area contributed by atoms with Crippen LogP contribution in [0, 0.1) is 0 Å². The Balaban J connectivity index is 3.28.